The van der Waals surface area contributed by atoms with Gasteiger partial charge in [-0.15, -0.1) is 0 Å². The first-order valence-corrected chi connectivity index (χ1v) is 15.8. The molecule has 0 aliphatic heterocycles. The monoisotopic (exact) mass is 501 g/mol. The summed E-state index contributed by atoms with van der Waals surface area (Å²) in [5.41, 5.74) is 0.949. The topological polar surface area (TPSA) is 39.2 Å². The number of ether oxygens (including phenoxy) is 1. The summed E-state index contributed by atoms with van der Waals surface area (Å²) in [6.07, 6.45) is 34.3. The van der Waals surface area contributed by atoms with Gasteiger partial charge in [-0.05, 0) is 18.4 Å². The molecule has 1 heterocycles. The van der Waals surface area contributed by atoms with E-state index in [2.05, 4.69) is 18.8 Å². The predicted molar refractivity (Wildman–Crippen MR) is 155 cm³/mol. The second kappa shape index (κ2) is 25.3. The van der Waals surface area contributed by atoms with Crippen LogP contribution >= 0.6 is 0 Å². The lowest BCUT2D eigenvalue weighted by molar-refractivity contribution is -0.145. The lowest BCUT2D eigenvalue weighted by Gasteiger charge is -2.10. The third-order valence-electron chi connectivity index (χ3n) is 7.50. The molecule has 0 aromatic carbocycles. The molecule has 0 bridgehead atoms. The van der Waals surface area contributed by atoms with Gasteiger partial charge in [0.2, 0.25) is 0 Å². The molecule has 1 unspecified atom stereocenters. The summed E-state index contributed by atoms with van der Waals surface area (Å²) >= 11 is 0. The fraction of sp³-hybridized carbons (Fsp3) is 0.818. The van der Waals surface area contributed by atoms with Crippen molar-refractivity contribution in [2.75, 3.05) is 0 Å². The minimum Gasteiger partial charge on any atom is -0.461 e. The first-order chi connectivity index (χ1) is 17.7. The van der Waals surface area contributed by atoms with Crippen molar-refractivity contribution < 1.29 is 9.53 Å². The largest absolute Gasteiger partial charge is 0.461 e. The van der Waals surface area contributed by atoms with Gasteiger partial charge in [0, 0.05) is 24.4 Å². The Balaban J connectivity index is 1.71. The van der Waals surface area contributed by atoms with E-state index in [0.29, 0.717) is 13.0 Å². The molecule has 0 aliphatic carbocycles. The molecule has 1 atom stereocenters. The van der Waals surface area contributed by atoms with Crippen molar-refractivity contribution in [1.29, 1.82) is 0 Å². The van der Waals surface area contributed by atoms with Crippen LogP contribution in [0.5, 0.6) is 0 Å². The summed E-state index contributed by atoms with van der Waals surface area (Å²) in [6, 6.07) is 3.80. The van der Waals surface area contributed by atoms with Crippen molar-refractivity contribution in [2.24, 2.45) is 5.92 Å². The maximum Gasteiger partial charge on any atom is 0.306 e. The summed E-state index contributed by atoms with van der Waals surface area (Å²) in [5, 5.41) is 0. The van der Waals surface area contributed by atoms with Crippen LogP contribution in [-0.4, -0.2) is 11.0 Å². The highest BCUT2D eigenvalue weighted by atomic mass is 16.5. The number of pyridine rings is 1. The Morgan fingerprint density at radius 1 is 0.722 bits per heavy atom. The van der Waals surface area contributed by atoms with Gasteiger partial charge in [-0.1, -0.05) is 155 Å². The van der Waals surface area contributed by atoms with Crippen molar-refractivity contribution in [2.45, 2.75) is 168 Å². The van der Waals surface area contributed by atoms with E-state index in [1.807, 2.05) is 12.1 Å². The summed E-state index contributed by atoms with van der Waals surface area (Å²) in [5.74, 6) is 0.861. The van der Waals surface area contributed by atoms with Gasteiger partial charge in [0.05, 0.1) is 0 Å². The average Bonchev–Trinajstić information content (AvgIpc) is 2.89. The SMILES string of the molecule is CCCCCC(C)CCCCCCCCCCCCCCCCCCCC(=O)OCc1cccnc1. The molecule has 36 heavy (non-hydrogen) atoms. The van der Waals surface area contributed by atoms with E-state index in [-0.39, 0.29) is 5.97 Å². The number of esters is 1. The maximum atomic E-state index is 11.8. The van der Waals surface area contributed by atoms with Gasteiger partial charge < -0.3 is 4.74 Å². The lowest BCUT2D eigenvalue weighted by Crippen LogP contribution is -2.04. The second-order valence-electron chi connectivity index (χ2n) is 11.2. The Kier molecular flexibility index (Phi) is 22.9. The summed E-state index contributed by atoms with van der Waals surface area (Å²) in [6.45, 7) is 5.09. The van der Waals surface area contributed by atoms with Crippen LogP contribution in [0.25, 0.3) is 0 Å². The van der Waals surface area contributed by atoms with Crippen LogP contribution < -0.4 is 0 Å². The number of nitrogens with zero attached hydrogens (tertiary/aromatic N) is 1. The molecular formula is C33H59NO2. The van der Waals surface area contributed by atoms with Gasteiger partial charge >= 0.3 is 5.97 Å². The van der Waals surface area contributed by atoms with Gasteiger partial charge in [-0.25, -0.2) is 0 Å². The minimum atomic E-state index is -0.0861. The molecule has 0 radical (unpaired) electrons. The summed E-state index contributed by atoms with van der Waals surface area (Å²) in [4.78, 5) is 15.8. The van der Waals surface area contributed by atoms with E-state index < -0.39 is 0 Å². The fourth-order valence-electron chi connectivity index (χ4n) is 5.02. The van der Waals surface area contributed by atoms with Crippen LogP contribution in [0, 0.1) is 5.92 Å². The molecule has 1 aromatic heterocycles. The van der Waals surface area contributed by atoms with Crippen molar-refractivity contribution in [3.8, 4) is 0 Å². The number of hydrogen-bond acceptors (Lipinski definition) is 3. The molecular weight excluding hydrogens is 442 g/mol. The van der Waals surface area contributed by atoms with Crippen LogP contribution in [0.4, 0.5) is 0 Å². The number of unbranched alkanes of at least 4 members (excludes halogenated alkanes) is 18. The Morgan fingerprint density at radius 2 is 1.19 bits per heavy atom. The quantitative estimate of drug-likeness (QED) is 0.0935. The highest BCUT2D eigenvalue weighted by Gasteiger charge is 2.04. The van der Waals surface area contributed by atoms with Gasteiger partial charge in [-0.2, -0.15) is 0 Å². The van der Waals surface area contributed by atoms with Crippen LogP contribution in [0.1, 0.15) is 167 Å². The predicted octanol–water partition coefficient (Wildman–Crippen LogP) is 10.8. The second-order valence-corrected chi connectivity index (χ2v) is 11.2. The lowest BCUT2D eigenvalue weighted by atomic mass is 9.96. The third kappa shape index (κ3) is 21.9. The molecule has 3 nitrogen and oxygen atoms in total. The molecule has 0 aliphatic rings. The summed E-state index contributed by atoms with van der Waals surface area (Å²) in [7, 11) is 0. The first-order valence-electron chi connectivity index (χ1n) is 15.8. The molecule has 0 saturated carbocycles. The molecule has 0 fully saturated rings. The number of carbonyl (C=O) groups excluding carboxylic acids is 1. The first kappa shape index (κ1) is 32.6. The third-order valence-corrected chi connectivity index (χ3v) is 7.50. The van der Waals surface area contributed by atoms with E-state index in [4.69, 9.17) is 4.74 Å². The van der Waals surface area contributed by atoms with Crippen LogP contribution in [0.15, 0.2) is 24.5 Å². The van der Waals surface area contributed by atoms with Gasteiger partial charge in [0.15, 0.2) is 0 Å². The highest BCUT2D eigenvalue weighted by molar-refractivity contribution is 5.69. The zero-order valence-corrected chi connectivity index (χ0v) is 24.1. The summed E-state index contributed by atoms with van der Waals surface area (Å²) < 4.78 is 5.30. The van der Waals surface area contributed by atoms with Crippen LogP contribution in [-0.2, 0) is 16.1 Å². The number of carbonyl (C=O) groups is 1. The molecule has 1 rings (SSSR count). The van der Waals surface area contributed by atoms with E-state index in [1.165, 1.54) is 128 Å². The Bertz CT molecular complexity index is 589. The van der Waals surface area contributed by atoms with Crippen molar-refractivity contribution in [3.05, 3.63) is 30.1 Å². The van der Waals surface area contributed by atoms with E-state index in [9.17, 15) is 4.79 Å². The molecule has 0 amide bonds. The van der Waals surface area contributed by atoms with Crippen molar-refractivity contribution in [1.82, 2.24) is 4.98 Å². The molecule has 3 heteroatoms. The van der Waals surface area contributed by atoms with Gasteiger partial charge in [-0.3, -0.25) is 9.78 Å². The zero-order valence-electron chi connectivity index (χ0n) is 24.1. The smallest absolute Gasteiger partial charge is 0.306 e. The van der Waals surface area contributed by atoms with Crippen LogP contribution in [0.3, 0.4) is 0 Å². The standard InChI is InChI=1S/C33H59NO2/c1-3-4-20-24-31(2)25-21-18-16-14-12-10-8-6-5-7-9-11-13-15-17-19-22-27-33(35)36-30-32-26-23-28-34-29-32/h23,26,28-29,31H,3-22,24-25,27,30H2,1-2H3. The number of rotatable bonds is 26. The number of aromatic nitrogens is 1. The minimum absolute atomic E-state index is 0.0861. The molecule has 1 aromatic rings. The van der Waals surface area contributed by atoms with Crippen molar-refractivity contribution >= 4 is 5.97 Å². The van der Waals surface area contributed by atoms with Crippen molar-refractivity contribution in [3.63, 3.8) is 0 Å². The van der Waals surface area contributed by atoms with E-state index in [0.717, 1.165) is 24.3 Å². The normalized spacial score (nSPS) is 12.1. The Morgan fingerprint density at radius 3 is 1.67 bits per heavy atom. The average molecular weight is 502 g/mol. The Hall–Kier alpha value is -1.38. The van der Waals surface area contributed by atoms with Gasteiger partial charge in [0.25, 0.3) is 0 Å². The maximum absolute atomic E-state index is 11.8. The van der Waals surface area contributed by atoms with Crippen LogP contribution in [0.2, 0.25) is 0 Å². The molecule has 0 N–H and O–H groups in total. The van der Waals surface area contributed by atoms with E-state index >= 15 is 0 Å². The number of hydrogen-bond donors (Lipinski definition) is 0. The van der Waals surface area contributed by atoms with E-state index in [1.54, 1.807) is 12.4 Å². The fourth-order valence-corrected chi connectivity index (χ4v) is 5.02. The Labute approximate surface area is 224 Å². The zero-order chi connectivity index (χ0) is 25.9. The molecule has 0 spiro atoms. The highest BCUT2D eigenvalue weighted by Crippen LogP contribution is 2.18. The molecule has 208 valence electrons. The molecule has 0 saturated heterocycles. The van der Waals surface area contributed by atoms with Gasteiger partial charge in [0.1, 0.15) is 6.61 Å².